The third kappa shape index (κ3) is 14.8. The van der Waals surface area contributed by atoms with Gasteiger partial charge in [-0.05, 0) is 87.1 Å². The van der Waals surface area contributed by atoms with E-state index in [0.29, 0.717) is 91.8 Å². The molecule has 0 spiro atoms. The van der Waals surface area contributed by atoms with Crippen LogP contribution in [0.2, 0.25) is 0 Å². The second-order valence-electron chi connectivity index (χ2n) is 15.4. The van der Waals surface area contributed by atoms with Crippen molar-refractivity contribution in [3.63, 3.8) is 0 Å². The summed E-state index contributed by atoms with van der Waals surface area (Å²) in [7, 11) is -3.72. The van der Waals surface area contributed by atoms with Crippen molar-refractivity contribution < 1.29 is 51.5 Å². The van der Waals surface area contributed by atoms with Crippen LogP contribution in [0, 0.1) is 12.8 Å². The van der Waals surface area contributed by atoms with E-state index in [1.165, 1.54) is 6.07 Å². The first kappa shape index (κ1) is 50.1. The van der Waals surface area contributed by atoms with Crippen LogP contribution in [0.5, 0.6) is 5.75 Å². The summed E-state index contributed by atoms with van der Waals surface area (Å²) in [6, 6.07) is 12.9. The molecule has 15 nitrogen and oxygen atoms in total. The van der Waals surface area contributed by atoms with Crippen molar-refractivity contribution in [2.24, 2.45) is 5.92 Å². The average Bonchev–Trinajstić information content (AvgIpc) is 3.77. The highest BCUT2D eigenvalue weighted by atomic mass is 31.2. The maximum absolute atomic E-state index is 14.1. The molecule has 4 rings (SSSR count). The van der Waals surface area contributed by atoms with Gasteiger partial charge in [0.15, 0.2) is 5.76 Å². The molecule has 62 heavy (non-hydrogen) atoms. The lowest BCUT2D eigenvalue weighted by molar-refractivity contribution is -0.171. The third-order valence-electron chi connectivity index (χ3n) is 10.6. The molecule has 1 aliphatic heterocycles. The van der Waals surface area contributed by atoms with Gasteiger partial charge < -0.3 is 38.4 Å². The van der Waals surface area contributed by atoms with Crippen molar-refractivity contribution in [2.75, 3.05) is 52.8 Å². The molecule has 1 aliphatic rings. The number of nitrogens with one attached hydrogen (secondary N) is 2. The predicted molar refractivity (Wildman–Crippen MR) is 237 cm³/mol. The number of unbranched alkanes of at least 4 members (excludes halogenated alkanes) is 4. The average molecular weight is 883 g/mol. The van der Waals surface area contributed by atoms with Gasteiger partial charge in [-0.15, -0.1) is 0 Å². The van der Waals surface area contributed by atoms with E-state index in [9.17, 15) is 23.7 Å². The van der Waals surface area contributed by atoms with E-state index in [1.807, 2.05) is 46.8 Å². The second kappa shape index (κ2) is 26.2. The van der Waals surface area contributed by atoms with Gasteiger partial charge in [0.25, 0.3) is 5.91 Å². The molecule has 2 aromatic carbocycles. The van der Waals surface area contributed by atoms with Crippen LogP contribution >= 0.6 is 7.60 Å². The summed E-state index contributed by atoms with van der Waals surface area (Å²) >= 11 is 0. The summed E-state index contributed by atoms with van der Waals surface area (Å²) in [5, 5.41) is 6.73. The topological polar surface area (TPSA) is 175 Å². The van der Waals surface area contributed by atoms with Gasteiger partial charge >= 0.3 is 13.6 Å². The van der Waals surface area contributed by atoms with E-state index in [-0.39, 0.29) is 25.6 Å². The first-order valence-corrected chi connectivity index (χ1v) is 23.7. The molecule has 2 N–H and O–H groups in total. The third-order valence-corrected chi connectivity index (χ3v) is 12.6. The number of amides is 3. The Kier molecular flexibility index (Phi) is 21.2. The summed E-state index contributed by atoms with van der Waals surface area (Å²) in [6.07, 6.45) is 6.82. The Balaban J connectivity index is 1.43. The number of furan rings is 1. The quantitative estimate of drug-likeness (QED) is 0.0237. The fourth-order valence-electron chi connectivity index (χ4n) is 7.16. The van der Waals surface area contributed by atoms with Crippen LogP contribution in [0.4, 0.5) is 0 Å². The van der Waals surface area contributed by atoms with E-state index < -0.39 is 37.3 Å². The zero-order valence-corrected chi connectivity index (χ0v) is 38.3. The summed E-state index contributed by atoms with van der Waals surface area (Å²) in [6.45, 7) is 16.0. The minimum atomic E-state index is -3.72. The number of hydrogen-bond acceptors (Lipinski definition) is 12. The molecule has 0 aliphatic carbocycles. The van der Waals surface area contributed by atoms with Gasteiger partial charge in [0.1, 0.15) is 11.5 Å². The van der Waals surface area contributed by atoms with Gasteiger partial charge in [-0.25, -0.2) is 4.79 Å². The molecule has 342 valence electrons. The van der Waals surface area contributed by atoms with E-state index >= 15 is 0 Å². The zero-order valence-electron chi connectivity index (χ0n) is 37.4. The van der Waals surface area contributed by atoms with Gasteiger partial charge in [-0.1, -0.05) is 71.9 Å². The molecule has 1 aromatic heterocycles. The maximum Gasteiger partial charge on any atom is 0.363 e. The lowest BCUT2D eigenvalue weighted by atomic mass is 9.90. The molecular weight excluding hydrogens is 815 g/mol. The van der Waals surface area contributed by atoms with E-state index in [1.54, 1.807) is 30.3 Å². The minimum absolute atomic E-state index is 0.0198. The molecular formula is C46H67N4O11P. The number of carbonyl (C=O) groups excluding carboxylic acids is 4. The first-order chi connectivity index (χ1) is 30.0. The molecule has 1 saturated heterocycles. The lowest BCUT2D eigenvalue weighted by Crippen LogP contribution is -2.49. The van der Waals surface area contributed by atoms with Gasteiger partial charge in [-0.3, -0.25) is 23.8 Å². The van der Waals surface area contributed by atoms with Crippen LogP contribution in [0.3, 0.4) is 0 Å². The Morgan fingerprint density at radius 2 is 1.60 bits per heavy atom. The minimum Gasteiger partial charge on any atom is -0.494 e. The molecule has 0 radical (unpaired) electrons. The molecule has 3 aromatic rings. The Hall–Kier alpha value is -4.53. The number of hydroxylamine groups is 2. The summed E-state index contributed by atoms with van der Waals surface area (Å²) in [5.74, 6) is -1.69. The SMILES string of the molecule is CCCCC[C@@H](C(=O)NCNC(=O)c1ccc(-c2cc(OCC)cc(P(=O)(OCCCC)OCCCC)c2)o1)[C@@H](CC)N(C=O)OC(=O)c1ccc(CN2CCOCC2)cc1C. The lowest BCUT2D eigenvalue weighted by Gasteiger charge is -2.32. The van der Waals surface area contributed by atoms with Gasteiger partial charge in [-0.2, -0.15) is 5.06 Å². The molecule has 0 unspecified atom stereocenters. The van der Waals surface area contributed by atoms with Gasteiger partial charge in [0.05, 0.1) is 62.5 Å². The molecule has 2 heterocycles. The zero-order chi connectivity index (χ0) is 44.9. The van der Waals surface area contributed by atoms with Crippen LogP contribution < -0.4 is 20.7 Å². The molecule has 1 fully saturated rings. The highest BCUT2D eigenvalue weighted by molar-refractivity contribution is 7.62. The fourth-order valence-corrected chi connectivity index (χ4v) is 8.85. The number of rotatable bonds is 28. The maximum atomic E-state index is 14.1. The second-order valence-corrected chi connectivity index (χ2v) is 17.4. The monoisotopic (exact) mass is 882 g/mol. The number of ether oxygens (including phenoxy) is 2. The fraction of sp³-hybridized carbons (Fsp3) is 0.565. The Bertz CT molecular complexity index is 1920. The highest BCUT2D eigenvalue weighted by Crippen LogP contribution is 2.49. The van der Waals surface area contributed by atoms with Crippen LogP contribution in [-0.2, 0) is 39.3 Å². The Morgan fingerprint density at radius 3 is 2.23 bits per heavy atom. The normalized spacial score (nSPS) is 14.2. The van der Waals surface area contributed by atoms with Crippen LogP contribution in [-0.4, -0.2) is 93.0 Å². The Labute approximate surface area is 367 Å². The largest absolute Gasteiger partial charge is 0.494 e. The molecule has 2 atom stereocenters. The smallest absolute Gasteiger partial charge is 0.363 e. The molecule has 0 bridgehead atoms. The van der Waals surface area contributed by atoms with Crippen LogP contribution in [0.1, 0.15) is 124 Å². The van der Waals surface area contributed by atoms with Crippen molar-refractivity contribution in [1.82, 2.24) is 20.6 Å². The molecule has 3 amide bonds. The van der Waals surface area contributed by atoms with E-state index in [0.717, 1.165) is 55.9 Å². The standard InChI is InChI=1S/C46H67N4O11P/c1-7-12-15-16-40(41(10-4)50(33-51)61-46(54)39-18-17-35(27-34(39)6)31-49-21-25-56-26-22-49)44(52)47-32-48-45(53)43-20-19-42(60-43)36-28-37(57-11-5)30-38(29-36)62(55,58-23-13-8-2)59-24-14-9-3/h17-20,27-30,33,40-41H,7-16,21-26,31-32H2,1-6H3,(H,47,52)(H,48,53)/t40-,41-/m1/s1. The number of nitrogens with zero attached hydrogens (tertiary/aromatic N) is 2. The summed E-state index contributed by atoms with van der Waals surface area (Å²) in [4.78, 5) is 61.0. The van der Waals surface area contributed by atoms with Crippen molar-refractivity contribution >= 4 is 37.1 Å². The van der Waals surface area contributed by atoms with Crippen molar-refractivity contribution in [3.8, 4) is 17.1 Å². The summed E-state index contributed by atoms with van der Waals surface area (Å²) < 4.78 is 43.1. The number of carbonyl (C=O) groups is 4. The van der Waals surface area contributed by atoms with Gasteiger partial charge in [0.2, 0.25) is 12.3 Å². The summed E-state index contributed by atoms with van der Waals surface area (Å²) in [5.41, 5.74) is 2.60. The van der Waals surface area contributed by atoms with E-state index in [2.05, 4.69) is 22.5 Å². The number of hydrogen-bond donors (Lipinski definition) is 2. The number of benzene rings is 2. The highest BCUT2D eigenvalue weighted by Gasteiger charge is 2.34. The van der Waals surface area contributed by atoms with Crippen LogP contribution in [0.25, 0.3) is 11.3 Å². The van der Waals surface area contributed by atoms with Gasteiger partial charge in [0, 0.05) is 25.2 Å². The molecule has 16 heteroatoms. The van der Waals surface area contributed by atoms with Crippen LogP contribution in [0.15, 0.2) is 52.9 Å². The number of morpholine rings is 1. The van der Waals surface area contributed by atoms with Crippen molar-refractivity contribution in [1.29, 1.82) is 0 Å². The predicted octanol–water partition coefficient (Wildman–Crippen LogP) is 7.95. The van der Waals surface area contributed by atoms with E-state index in [4.69, 9.17) is 27.8 Å². The first-order valence-electron chi connectivity index (χ1n) is 22.2. The molecule has 0 saturated carbocycles. The van der Waals surface area contributed by atoms with Crippen molar-refractivity contribution in [3.05, 3.63) is 71.0 Å². The van der Waals surface area contributed by atoms with Crippen molar-refractivity contribution in [2.45, 2.75) is 112 Å². The number of aryl methyl sites for hydroxylation is 1. The Morgan fingerprint density at radius 1 is 0.887 bits per heavy atom.